The smallest absolute Gasteiger partial charge is 0.236 e. The van der Waals surface area contributed by atoms with E-state index in [0.29, 0.717) is 24.2 Å². The van der Waals surface area contributed by atoms with Gasteiger partial charge < -0.3 is 10.2 Å². The van der Waals surface area contributed by atoms with E-state index in [1.807, 2.05) is 38.4 Å². The van der Waals surface area contributed by atoms with Crippen LogP contribution in [0.5, 0.6) is 0 Å². The van der Waals surface area contributed by atoms with Crippen LogP contribution in [0.4, 0.5) is 0 Å². The van der Waals surface area contributed by atoms with E-state index in [4.69, 9.17) is 11.6 Å². The summed E-state index contributed by atoms with van der Waals surface area (Å²) in [6.45, 7) is 3.07. The number of likely N-dealkylation sites (tertiary alicyclic amines) is 1. The summed E-state index contributed by atoms with van der Waals surface area (Å²) >= 11 is 5.98. The SMILES string of the molecule is CNCC1CCCN1CC(=O)N(C)Cc1cccc(Cl)c1. The van der Waals surface area contributed by atoms with E-state index in [9.17, 15) is 4.79 Å². The summed E-state index contributed by atoms with van der Waals surface area (Å²) in [7, 11) is 3.82. The summed E-state index contributed by atoms with van der Waals surface area (Å²) in [5.74, 6) is 0.165. The van der Waals surface area contributed by atoms with Gasteiger partial charge in [0, 0.05) is 31.2 Å². The first kappa shape index (κ1) is 16.3. The van der Waals surface area contributed by atoms with Gasteiger partial charge in [-0.2, -0.15) is 0 Å². The molecule has 1 saturated heterocycles. The van der Waals surface area contributed by atoms with Gasteiger partial charge in [-0.3, -0.25) is 9.69 Å². The maximum atomic E-state index is 12.4. The van der Waals surface area contributed by atoms with Crippen LogP contribution >= 0.6 is 11.6 Å². The number of rotatable bonds is 6. The van der Waals surface area contributed by atoms with Gasteiger partial charge in [0.1, 0.15) is 0 Å². The third-order valence-electron chi connectivity index (χ3n) is 4.01. The molecule has 1 aliphatic rings. The average Bonchev–Trinajstić information content (AvgIpc) is 2.86. The molecule has 0 aliphatic carbocycles. The molecule has 1 aromatic rings. The highest BCUT2D eigenvalue weighted by Crippen LogP contribution is 2.17. The number of carbonyl (C=O) groups excluding carboxylic acids is 1. The number of hydrogen-bond acceptors (Lipinski definition) is 3. The quantitative estimate of drug-likeness (QED) is 0.873. The van der Waals surface area contributed by atoms with E-state index >= 15 is 0 Å². The maximum absolute atomic E-state index is 12.4. The van der Waals surface area contributed by atoms with E-state index in [-0.39, 0.29) is 5.91 Å². The lowest BCUT2D eigenvalue weighted by molar-refractivity contribution is -0.131. The topological polar surface area (TPSA) is 35.6 Å². The van der Waals surface area contributed by atoms with E-state index in [0.717, 1.165) is 18.7 Å². The Balaban J connectivity index is 1.87. The van der Waals surface area contributed by atoms with Gasteiger partial charge in [0.05, 0.1) is 6.54 Å². The third-order valence-corrected chi connectivity index (χ3v) is 4.25. The fourth-order valence-electron chi connectivity index (χ4n) is 2.86. The number of hydrogen-bond donors (Lipinski definition) is 1. The molecule has 1 atom stereocenters. The van der Waals surface area contributed by atoms with Crippen molar-refractivity contribution in [3.8, 4) is 0 Å². The average molecular weight is 310 g/mol. The molecule has 1 heterocycles. The van der Waals surface area contributed by atoms with Crippen molar-refractivity contribution >= 4 is 17.5 Å². The lowest BCUT2D eigenvalue weighted by Gasteiger charge is -2.26. The molecule has 1 aromatic carbocycles. The Kier molecular flexibility index (Phi) is 6.03. The number of nitrogens with zero attached hydrogens (tertiary/aromatic N) is 2. The van der Waals surface area contributed by atoms with Crippen molar-refractivity contribution in [2.24, 2.45) is 0 Å². The Morgan fingerprint density at radius 2 is 2.33 bits per heavy atom. The Morgan fingerprint density at radius 3 is 3.05 bits per heavy atom. The molecule has 5 heteroatoms. The van der Waals surface area contributed by atoms with E-state index in [1.54, 1.807) is 4.90 Å². The number of halogens is 1. The van der Waals surface area contributed by atoms with Crippen LogP contribution < -0.4 is 5.32 Å². The summed E-state index contributed by atoms with van der Waals surface area (Å²) in [5.41, 5.74) is 1.06. The van der Waals surface area contributed by atoms with Gasteiger partial charge in [-0.15, -0.1) is 0 Å². The van der Waals surface area contributed by atoms with Crippen molar-refractivity contribution in [1.29, 1.82) is 0 Å². The van der Waals surface area contributed by atoms with Crippen LogP contribution in [-0.4, -0.2) is 55.5 Å². The number of amides is 1. The monoisotopic (exact) mass is 309 g/mol. The molecule has 0 radical (unpaired) electrons. The highest BCUT2D eigenvalue weighted by Gasteiger charge is 2.26. The molecule has 0 aromatic heterocycles. The fraction of sp³-hybridized carbons (Fsp3) is 0.562. The zero-order valence-electron chi connectivity index (χ0n) is 12.8. The molecule has 0 spiro atoms. The molecule has 116 valence electrons. The van der Waals surface area contributed by atoms with Crippen molar-refractivity contribution < 1.29 is 4.79 Å². The minimum atomic E-state index is 0.165. The van der Waals surface area contributed by atoms with Crippen LogP contribution in [0.3, 0.4) is 0 Å². The van der Waals surface area contributed by atoms with Crippen molar-refractivity contribution in [3.63, 3.8) is 0 Å². The second-order valence-electron chi connectivity index (χ2n) is 5.70. The molecule has 1 amide bonds. The fourth-order valence-corrected chi connectivity index (χ4v) is 3.07. The molecule has 4 nitrogen and oxygen atoms in total. The summed E-state index contributed by atoms with van der Waals surface area (Å²) < 4.78 is 0. The van der Waals surface area contributed by atoms with Crippen LogP contribution in [0, 0.1) is 0 Å². The first-order chi connectivity index (χ1) is 10.1. The highest BCUT2D eigenvalue weighted by atomic mass is 35.5. The number of likely N-dealkylation sites (N-methyl/N-ethyl adjacent to an activating group) is 2. The molecule has 0 saturated carbocycles. The largest absolute Gasteiger partial charge is 0.340 e. The van der Waals surface area contributed by atoms with Crippen molar-refractivity contribution in [2.45, 2.75) is 25.4 Å². The summed E-state index contributed by atoms with van der Waals surface area (Å²) in [6, 6.07) is 8.15. The molecule has 1 N–H and O–H groups in total. The molecule has 0 bridgehead atoms. The number of nitrogens with one attached hydrogen (secondary N) is 1. The molecule has 21 heavy (non-hydrogen) atoms. The van der Waals surface area contributed by atoms with Crippen LogP contribution in [0.2, 0.25) is 5.02 Å². The van der Waals surface area contributed by atoms with Crippen LogP contribution in [0.25, 0.3) is 0 Å². The van der Waals surface area contributed by atoms with E-state index in [2.05, 4.69) is 10.2 Å². The predicted octanol–water partition coefficient (Wildman–Crippen LogP) is 1.98. The Morgan fingerprint density at radius 1 is 1.52 bits per heavy atom. The molecule has 1 aliphatic heterocycles. The van der Waals surface area contributed by atoms with Crippen molar-refractivity contribution in [1.82, 2.24) is 15.1 Å². The van der Waals surface area contributed by atoms with Gasteiger partial charge in [0.15, 0.2) is 0 Å². The van der Waals surface area contributed by atoms with Gasteiger partial charge in [-0.1, -0.05) is 23.7 Å². The van der Waals surface area contributed by atoms with Gasteiger partial charge in [-0.25, -0.2) is 0 Å². The second-order valence-corrected chi connectivity index (χ2v) is 6.14. The zero-order chi connectivity index (χ0) is 15.2. The summed E-state index contributed by atoms with van der Waals surface area (Å²) in [5, 5.41) is 3.92. The predicted molar refractivity (Wildman–Crippen MR) is 86.4 cm³/mol. The van der Waals surface area contributed by atoms with E-state index < -0.39 is 0 Å². The summed E-state index contributed by atoms with van der Waals surface area (Å²) in [6.07, 6.45) is 2.35. The standard InChI is InChI=1S/C16H24ClN3O/c1-18-10-15-7-4-8-20(15)12-16(21)19(2)11-13-5-3-6-14(17)9-13/h3,5-6,9,15,18H,4,7-8,10-12H2,1-2H3. The lowest BCUT2D eigenvalue weighted by Crippen LogP contribution is -2.43. The van der Waals surface area contributed by atoms with Gasteiger partial charge in [-0.05, 0) is 44.1 Å². The first-order valence-electron chi connectivity index (χ1n) is 7.47. The molecular formula is C16H24ClN3O. The third kappa shape index (κ3) is 4.70. The zero-order valence-corrected chi connectivity index (χ0v) is 13.6. The van der Waals surface area contributed by atoms with Gasteiger partial charge in [0.25, 0.3) is 0 Å². The molecule has 1 unspecified atom stereocenters. The Bertz CT molecular complexity index is 480. The summed E-state index contributed by atoms with van der Waals surface area (Å²) in [4.78, 5) is 16.4. The van der Waals surface area contributed by atoms with E-state index in [1.165, 1.54) is 12.8 Å². The Hall–Kier alpha value is -1.10. The minimum Gasteiger partial charge on any atom is -0.340 e. The maximum Gasteiger partial charge on any atom is 0.236 e. The molecular weight excluding hydrogens is 286 g/mol. The van der Waals surface area contributed by atoms with Crippen molar-refractivity contribution in [3.05, 3.63) is 34.9 Å². The normalized spacial score (nSPS) is 18.9. The van der Waals surface area contributed by atoms with Crippen LogP contribution in [0.15, 0.2) is 24.3 Å². The lowest BCUT2D eigenvalue weighted by atomic mass is 10.2. The van der Waals surface area contributed by atoms with Gasteiger partial charge >= 0.3 is 0 Å². The van der Waals surface area contributed by atoms with Gasteiger partial charge in [0.2, 0.25) is 5.91 Å². The van der Waals surface area contributed by atoms with Crippen molar-refractivity contribution in [2.75, 3.05) is 33.7 Å². The Labute approximate surface area is 132 Å². The molecule has 2 rings (SSSR count). The van der Waals surface area contributed by atoms with Crippen LogP contribution in [-0.2, 0) is 11.3 Å². The number of benzene rings is 1. The highest BCUT2D eigenvalue weighted by molar-refractivity contribution is 6.30. The number of carbonyl (C=O) groups is 1. The second kappa shape index (κ2) is 7.78. The first-order valence-corrected chi connectivity index (χ1v) is 7.85. The molecule has 1 fully saturated rings. The minimum absolute atomic E-state index is 0.165. The van der Waals surface area contributed by atoms with Crippen LogP contribution in [0.1, 0.15) is 18.4 Å².